The Morgan fingerprint density at radius 2 is 1.68 bits per heavy atom. The third-order valence-corrected chi connectivity index (χ3v) is 5.20. The molecule has 2 aromatic carbocycles. The molecule has 4 aromatic rings. The first-order chi connectivity index (χ1) is 15.0. The summed E-state index contributed by atoms with van der Waals surface area (Å²) >= 11 is 6.10. The molecule has 2 heterocycles. The summed E-state index contributed by atoms with van der Waals surface area (Å²) in [6, 6.07) is 17.8. The average Bonchev–Trinajstić information content (AvgIpc) is 3.15. The van der Waals surface area contributed by atoms with Crippen LogP contribution in [0.3, 0.4) is 0 Å². The van der Waals surface area contributed by atoms with E-state index >= 15 is 0 Å². The first-order valence-electron chi connectivity index (χ1n) is 10.0. The minimum atomic E-state index is -0.248. The van der Waals surface area contributed by atoms with Gasteiger partial charge >= 0.3 is 0 Å². The Balaban J connectivity index is 1.44. The Kier molecular flexibility index (Phi) is 6.14. The Bertz CT molecular complexity index is 1240. The molecule has 0 saturated heterocycles. The van der Waals surface area contributed by atoms with E-state index in [0.29, 0.717) is 29.3 Å². The van der Waals surface area contributed by atoms with Gasteiger partial charge in [0.2, 0.25) is 0 Å². The third-order valence-electron chi connectivity index (χ3n) is 4.98. The van der Waals surface area contributed by atoms with Crippen molar-refractivity contribution >= 4 is 35.3 Å². The van der Waals surface area contributed by atoms with E-state index < -0.39 is 0 Å². The summed E-state index contributed by atoms with van der Waals surface area (Å²) in [6.07, 6.45) is 6.25. The number of carbonyl (C=O) groups is 1. The van der Waals surface area contributed by atoms with Gasteiger partial charge in [0.05, 0.1) is 10.7 Å². The van der Waals surface area contributed by atoms with E-state index in [2.05, 4.69) is 10.3 Å². The number of amides is 1. The number of aromatic nitrogens is 2. The lowest BCUT2D eigenvalue weighted by Crippen LogP contribution is -2.25. The summed E-state index contributed by atoms with van der Waals surface area (Å²) in [5, 5.41) is 3.52. The van der Waals surface area contributed by atoms with E-state index in [1.165, 1.54) is 12.1 Å². The van der Waals surface area contributed by atoms with Crippen molar-refractivity contribution in [3.63, 3.8) is 0 Å². The maximum Gasteiger partial charge on any atom is 0.270 e. The molecule has 6 heteroatoms. The molecule has 0 atom stereocenters. The number of halogens is 2. The summed E-state index contributed by atoms with van der Waals surface area (Å²) in [7, 11) is 0. The van der Waals surface area contributed by atoms with Crippen LogP contribution in [0.4, 0.5) is 4.39 Å². The van der Waals surface area contributed by atoms with Gasteiger partial charge in [-0.25, -0.2) is 9.37 Å². The Hall–Kier alpha value is -3.44. The third kappa shape index (κ3) is 4.84. The number of benzene rings is 2. The molecule has 0 spiro atoms. The predicted octanol–water partition coefficient (Wildman–Crippen LogP) is 5.79. The SMILES string of the molecule is CCc1nc2ccc(Cl)cn2c1C(=O)NCc1ccc(/C=C/c2ccc(F)cc2)cc1. The van der Waals surface area contributed by atoms with Gasteiger partial charge in [0.1, 0.15) is 17.2 Å². The molecule has 4 rings (SSSR count). The maximum absolute atomic E-state index is 13.0. The second kappa shape index (κ2) is 9.14. The van der Waals surface area contributed by atoms with Gasteiger partial charge < -0.3 is 5.32 Å². The maximum atomic E-state index is 13.0. The number of nitrogens with one attached hydrogen (secondary N) is 1. The van der Waals surface area contributed by atoms with E-state index in [0.717, 1.165) is 22.4 Å². The summed E-state index contributed by atoms with van der Waals surface area (Å²) in [6.45, 7) is 2.37. The average molecular weight is 434 g/mol. The van der Waals surface area contributed by atoms with Crippen molar-refractivity contribution in [3.05, 3.63) is 106 Å². The predicted molar refractivity (Wildman–Crippen MR) is 123 cm³/mol. The van der Waals surface area contributed by atoms with E-state index in [1.807, 2.05) is 43.3 Å². The van der Waals surface area contributed by atoms with E-state index in [4.69, 9.17) is 11.6 Å². The minimum Gasteiger partial charge on any atom is -0.347 e. The van der Waals surface area contributed by atoms with Gasteiger partial charge in [-0.1, -0.05) is 67.1 Å². The summed E-state index contributed by atoms with van der Waals surface area (Å²) in [5.41, 5.74) is 4.88. The molecule has 156 valence electrons. The topological polar surface area (TPSA) is 46.4 Å². The highest BCUT2D eigenvalue weighted by atomic mass is 35.5. The Morgan fingerprint density at radius 1 is 1.03 bits per heavy atom. The number of hydrogen-bond donors (Lipinski definition) is 1. The summed E-state index contributed by atoms with van der Waals surface area (Å²) < 4.78 is 14.7. The fourth-order valence-electron chi connectivity index (χ4n) is 3.33. The van der Waals surface area contributed by atoms with Crippen LogP contribution in [0.2, 0.25) is 5.02 Å². The fourth-order valence-corrected chi connectivity index (χ4v) is 3.49. The molecule has 1 N–H and O–H groups in total. The van der Waals surface area contributed by atoms with Gasteiger partial charge in [0.25, 0.3) is 5.91 Å². The van der Waals surface area contributed by atoms with Crippen LogP contribution >= 0.6 is 11.6 Å². The molecule has 0 fully saturated rings. The number of aryl methyl sites for hydroxylation is 1. The van der Waals surface area contributed by atoms with Gasteiger partial charge in [-0.15, -0.1) is 0 Å². The smallest absolute Gasteiger partial charge is 0.270 e. The van der Waals surface area contributed by atoms with Gasteiger partial charge in [0.15, 0.2) is 0 Å². The molecule has 0 aliphatic carbocycles. The van der Waals surface area contributed by atoms with Crippen molar-refractivity contribution in [2.75, 3.05) is 0 Å². The first-order valence-corrected chi connectivity index (χ1v) is 10.4. The number of rotatable bonds is 6. The molecule has 31 heavy (non-hydrogen) atoms. The highest BCUT2D eigenvalue weighted by Gasteiger charge is 2.18. The van der Waals surface area contributed by atoms with Gasteiger partial charge in [-0.3, -0.25) is 9.20 Å². The molecule has 0 radical (unpaired) electrons. The number of pyridine rings is 1. The van der Waals surface area contributed by atoms with Gasteiger partial charge in [-0.05, 0) is 47.4 Å². The lowest BCUT2D eigenvalue weighted by molar-refractivity contribution is 0.0944. The van der Waals surface area contributed by atoms with Crippen molar-refractivity contribution in [1.29, 1.82) is 0 Å². The Morgan fingerprint density at radius 3 is 2.32 bits per heavy atom. The lowest BCUT2D eigenvalue weighted by Gasteiger charge is -2.07. The van der Waals surface area contributed by atoms with Crippen molar-refractivity contribution in [3.8, 4) is 0 Å². The molecule has 0 aliphatic heterocycles. The van der Waals surface area contributed by atoms with Crippen LogP contribution in [0.1, 0.15) is 39.8 Å². The molecule has 0 saturated carbocycles. The van der Waals surface area contributed by atoms with Crippen LogP contribution in [-0.2, 0) is 13.0 Å². The summed E-state index contributed by atoms with van der Waals surface area (Å²) in [4.78, 5) is 17.4. The lowest BCUT2D eigenvalue weighted by atomic mass is 10.1. The second-order valence-corrected chi connectivity index (χ2v) is 7.58. The zero-order valence-corrected chi connectivity index (χ0v) is 17.7. The number of nitrogens with zero attached hydrogens (tertiary/aromatic N) is 2. The van der Waals surface area contributed by atoms with E-state index in [1.54, 1.807) is 34.9 Å². The van der Waals surface area contributed by atoms with Crippen LogP contribution < -0.4 is 5.32 Å². The molecular formula is C25H21ClFN3O. The molecule has 0 aliphatic rings. The quantitative estimate of drug-likeness (QED) is 0.391. The normalized spacial score (nSPS) is 11.3. The molecule has 4 nitrogen and oxygen atoms in total. The summed E-state index contributed by atoms with van der Waals surface area (Å²) in [5.74, 6) is -0.437. The van der Waals surface area contributed by atoms with Crippen molar-refractivity contribution in [2.45, 2.75) is 19.9 Å². The van der Waals surface area contributed by atoms with Crippen molar-refractivity contribution in [2.24, 2.45) is 0 Å². The molecular weight excluding hydrogens is 413 g/mol. The zero-order valence-electron chi connectivity index (χ0n) is 17.0. The zero-order chi connectivity index (χ0) is 21.8. The largest absolute Gasteiger partial charge is 0.347 e. The van der Waals surface area contributed by atoms with Crippen molar-refractivity contribution < 1.29 is 9.18 Å². The molecule has 0 unspecified atom stereocenters. The van der Waals surface area contributed by atoms with Crippen LogP contribution in [-0.4, -0.2) is 15.3 Å². The highest BCUT2D eigenvalue weighted by molar-refractivity contribution is 6.30. The van der Waals surface area contributed by atoms with Crippen LogP contribution in [0.5, 0.6) is 0 Å². The van der Waals surface area contributed by atoms with Crippen LogP contribution in [0, 0.1) is 5.82 Å². The van der Waals surface area contributed by atoms with E-state index in [9.17, 15) is 9.18 Å². The fraction of sp³-hybridized carbons (Fsp3) is 0.120. The molecule has 1 amide bonds. The monoisotopic (exact) mass is 433 g/mol. The van der Waals surface area contributed by atoms with E-state index in [-0.39, 0.29) is 11.7 Å². The van der Waals surface area contributed by atoms with Crippen LogP contribution in [0.25, 0.3) is 17.8 Å². The number of hydrogen-bond acceptors (Lipinski definition) is 2. The second-order valence-electron chi connectivity index (χ2n) is 7.15. The van der Waals surface area contributed by atoms with Crippen molar-refractivity contribution in [1.82, 2.24) is 14.7 Å². The first kappa shape index (κ1) is 20.8. The number of carbonyl (C=O) groups excluding carboxylic acids is 1. The van der Waals surface area contributed by atoms with Gasteiger partial charge in [-0.2, -0.15) is 0 Å². The highest BCUT2D eigenvalue weighted by Crippen LogP contribution is 2.18. The molecule has 0 bridgehead atoms. The number of imidazole rings is 1. The minimum absolute atomic E-state index is 0.188. The number of fused-ring (bicyclic) bond motifs is 1. The van der Waals surface area contributed by atoms with Crippen LogP contribution in [0.15, 0.2) is 66.9 Å². The van der Waals surface area contributed by atoms with Gasteiger partial charge in [0, 0.05) is 12.7 Å². The Labute approximate surface area is 185 Å². The molecule has 2 aromatic heterocycles. The standard InChI is InChI=1S/C25H21ClFN3O/c1-2-22-24(30-16-20(26)11-14-23(30)29-22)25(31)28-15-19-7-5-17(6-8-19)3-4-18-9-12-21(27)13-10-18/h3-14,16H,2,15H2,1H3,(H,28,31)/b4-3+.